The molecule has 0 bridgehead atoms. The second-order valence-corrected chi connectivity index (χ2v) is 7.05. The third-order valence-electron chi connectivity index (χ3n) is 4.83. The van der Waals surface area contributed by atoms with Crippen LogP contribution in [0.3, 0.4) is 0 Å². The monoisotopic (exact) mass is 377 g/mol. The molecule has 6 heteroatoms. The van der Waals surface area contributed by atoms with Crippen molar-refractivity contribution < 1.29 is 14.1 Å². The number of carbonyl (C=O) groups excluding carboxylic acids is 1. The van der Waals surface area contributed by atoms with Crippen molar-refractivity contribution in [3.8, 4) is 17.1 Å². The van der Waals surface area contributed by atoms with E-state index < -0.39 is 0 Å². The topological polar surface area (TPSA) is 68.5 Å². The van der Waals surface area contributed by atoms with Gasteiger partial charge in [-0.2, -0.15) is 4.98 Å². The number of nitrogens with zero attached hydrogens (tertiary/aromatic N) is 3. The molecule has 2 heterocycles. The summed E-state index contributed by atoms with van der Waals surface area (Å²) in [6.45, 7) is 3.86. The Hall–Kier alpha value is -3.15. The van der Waals surface area contributed by atoms with Gasteiger partial charge in [-0.05, 0) is 56.0 Å². The molecule has 1 amide bonds. The number of amides is 1. The first-order chi connectivity index (χ1) is 13.7. The molecule has 1 aliphatic heterocycles. The number of likely N-dealkylation sites (tertiary alicyclic amines) is 1. The number of piperidine rings is 1. The SMILES string of the molecule is Cc1cccc(OCc2nc(-c3cccc(C(=O)N4CCCCC4)c3)no2)c1. The quantitative estimate of drug-likeness (QED) is 0.665. The molecule has 6 nitrogen and oxygen atoms in total. The fourth-order valence-electron chi connectivity index (χ4n) is 3.35. The van der Waals surface area contributed by atoms with Crippen LogP contribution >= 0.6 is 0 Å². The second-order valence-electron chi connectivity index (χ2n) is 7.05. The molecule has 1 saturated heterocycles. The van der Waals surface area contributed by atoms with Gasteiger partial charge in [-0.1, -0.05) is 29.4 Å². The lowest BCUT2D eigenvalue weighted by Crippen LogP contribution is -2.35. The van der Waals surface area contributed by atoms with Gasteiger partial charge >= 0.3 is 0 Å². The van der Waals surface area contributed by atoms with Crippen LogP contribution in [0.4, 0.5) is 0 Å². The maximum atomic E-state index is 12.7. The van der Waals surface area contributed by atoms with Crippen molar-refractivity contribution in [2.75, 3.05) is 13.1 Å². The maximum Gasteiger partial charge on any atom is 0.264 e. The summed E-state index contributed by atoms with van der Waals surface area (Å²) in [4.78, 5) is 19.0. The van der Waals surface area contributed by atoms with Crippen LogP contribution in [0.5, 0.6) is 5.75 Å². The van der Waals surface area contributed by atoms with Crippen molar-refractivity contribution in [2.45, 2.75) is 32.8 Å². The Balaban J connectivity index is 1.45. The minimum Gasteiger partial charge on any atom is -0.484 e. The number of aromatic nitrogens is 2. The Morgan fingerprint density at radius 2 is 1.93 bits per heavy atom. The Bertz CT molecular complexity index is 961. The van der Waals surface area contributed by atoms with Gasteiger partial charge < -0.3 is 14.2 Å². The molecule has 0 aliphatic carbocycles. The van der Waals surface area contributed by atoms with Crippen molar-refractivity contribution in [2.24, 2.45) is 0 Å². The second kappa shape index (κ2) is 8.25. The zero-order chi connectivity index (χ0) is 19.3. The predicted octanol–water partition coefficient (Wildman–Crippen LogP) is 4.25. The minimum absolute atomic E-state index is 0.0630. The molecule has 28 heavy (non-hydrogen) atoms. The molecule has 4 rings (SSSR count). The predicted molar refractivity (Wildman–Crippen MR) is 105 cm³/mol. The molecule has 1 fully saturated rings. The molecule has 0 atom stereocenters. The number of hydrogen-bond donors (Lipinski definition) is 0. The summed E-state index contributed by atoms with van der Waals surface area (Å²) in [6, 6.07) is 15.2. The van der Waals surface area contributed by atoms with Gasteiger partial charge in [-0.25, -0.2) is 0 Å². The van der Waals surface area contributed by atoms with E-state index >= 15 is 0 Å². The molecule has 0 radical (unpaired) electrons. The molecule has 1 aliphatic rings. The highest BCUT2D eigenvalue weighted by atomic mass is 16.5. The first-order valence-corrected chi connectivity index (χ1v) is 9.61. The molecule has 1 aromatic heterocycles. The van der Waals surface area contributed by atoms with Crippen LogP contribution in [0.2, 0.25) is 0 Å². The number of rotatable bonds is 5. The van der Waals surface area contributed by atoms with Crippen molar-refractivity contribution in [1.29, 1.82) is 0 Å². The first-order valence-electron chi connectivity index (χ1n) is 9.61. The van der Waals surface area contributed by atoms with Crippen molar-refractivity contribution in [1.82, 2.24) is 15.0 Å². The van der Waals surface area contributed by atoms with Gasteiger partial charge in [0.25, 0.3) is 11.8 Å². The van der Waals surface area contributed by atoms with Crippen LogP contribution in [-0.4, -0.2) is 34.0 Å². The molecule has 2 aromatic carbocycles. The lowest BCUT2D eigenvalue weighted by molar-refractivity contribution is 0.0724. The zero-order valence-electron chi connectivity index (χ0n) is 15.9. The van der Waals surface area contributed by atoms with E-state index in [2.05, 4.69) is 10.1 Å². The average Bonchev–Trinajstić information content (AvgIpc) is 3.22. The fraction of sp³-hybridized carbons (Fsp3) is 0.318. The largest absolute Gasteiger partial charge is 0.484 e. The molecule has 144 valence electrons. The summed E-state index contributed by atoms with van der Waals surface area (Å²) < 4.78 is 11.0. The number of carbonyl (C=O) groups is 1. The standard InChI is InChI=1S/C22H23N3O3/c1-16-7-5-10-19(13-16)27-15-20-23-21(24-28-20)17-8-6-9-18(14-17)22(26)25-11-3-2-4-12-25/h5-10,13-14H,2-4,11-12,15H2,1H3. The number of hydrogen-bond acceptors (Lipinski definition) is 5. The molecule has 0 spiro atoms. The lowest BCUT2D eigenvalue weighted by Gasteiger charge is -2.26. The molecule has 0 unspecified atom stereocenters. The van der Waals surface area contributed by atoms with Gasteiger partial charge in [0, 0.05) is 24.2 Å². The smallest absolute Gasteiger partial charge is 0.264 e. The maximum absolute atomic E-state index is 12.7. The summed E-state index contributed by atoms with van der Waals surface area (Å²) >= 11 is 0. The van der Waals surface area contributed by atoms with Crippen molar-refractivity contribution in [3.05, 3.63) is 65.5 Å². The van der Waals surface area contributed by atoms with Crippen LogP contribution in [0.15, 0.2) is 53.1 Å². The van der Waals surface area contributed by atoms with Gasteiger partial charge in [-0.3, -0.25) is 4.79 Å². The molecule has 0 saturated carbocycles. The zero-order valence-corrected chi connectivity index (χ0v) is 15.9. The summed E-state index contributed by atoms with van der Waals surface area (Å²) in [7, 11) is 0. The first kappa shape index (κ1) is 18.2. The summed E-state index contributed by atoms with van der Waals surface area (Å²) in [5, 5.41) is 4.04. The fourth-order valence-corrected chi connectivity index (χ4v) is 3.35. The Morgan fingerprint density at radius 3 is 2.75 bits per heavy atom. The molecule has 3 aromatic rings. The Morgan fingerprint density at radius 1 is 1.11 bits per heavy atom. The van der Waals surface area contributed by atoms with Crippen LogP contribution < -0.4 is 4.74 Å². The molecular weight excluding hydrogens is 354 g/mol. The van der Waals surface area contributed by atoms with Crippen molar-refractivity contribution in [3.63, 3.8) is 0 Å². The highest BCUT2D eigenvalue weighted by Gasteiger charge is 2.19. The number of aryl methyl sites for hydroxylation is 1. The number of benzene rings is 2. The minimum atomic E-state index is 0.0630. The van der Waals surface area contributed by atoms with Crippen LogP contribution in [0.25, 0.3) is 11.4 Å². The Kier molecular flexibility index (Phi) is 5.37. The van der Waals surface area contributed by atoms with E-state index in [1.165, 1.54) is 6.42 Å². The Labute approximate surface area is 164 Å². The van der Waals surface area contributed by atoms with Crippen LogP contribution in [0.1, 0.15) is 41.1 Å². The van der Waals surface area contributed by atoms with E-state index in [-0.39, 0.29) is 12.5 Å². The van der Waals surface area contributed by atoms with E-state index in [0.29, 0.717) is 17.3 Å². The van der Waals surface area contributed by atoms with E-state index in [1.807, 2.05) is 60.4 Å². The van der Waals surface area contributed by atoms with Crippen LogP contribution in [-0.2, 0) is 6.61 Å². The van der Waals surface area contributed by atoms with E-state index in [0.717, 1.165) is 42.8 Å². The van der Waals surface area contributed by atoms with E-state index in [1.54, 1.807) is 0 Å². The third-order valence-corrected chi connectivity index (χ3v) is 4.83. The molecular formula is C22H23N3O3. The highest BCUT2D eigenvalue weighted by molar-refractivity contribution is 5.95. The normalized spacial score (nSPS) is 14.1. The summed E-state index contributed by atoms with van der Waals surface area (Å²) in [5.41, 5.74) is 2.54. The van der Waals surface area contributed by atoms with Gasteiger partial charge in [0.05, 0.1) is 0 Å². The van der Waals surface area contributed by atoms with Gasteiger partial charge in [0.1, 0.15) is 5.75 Å². The lowest BCUT2D eigenvalue weighted by atomic mass is 10.1. The van der Waals surface area contributed by atoms with Crippen molar-refractivity contribution >= 4 is 5.91 Å². The van der Waals surface area contributed by atoms with Gasteiger partial charge in [-0.15, -0.1) is 0 Å². The third kappa shape index (κ3) is 4.22. The van der Waals surface area contributed by atoms with Gasteiger partial charge in [0.2, 0.25) is 5.82 Å². The van der Waals surface area contributed by atoms with E-state index in [4.69, 9.17) is 9.26 Å². The van der Waals surface area contributed by atoms with Gasteiger partial charge in [0.15, 0.2) is 6.61 Å². The summed E-state index contributed by atoms with van der Waals surface area (Å²) in [6.07, 6.45) is 3.33. The molecule has 0 N–H and O–H groups in total. The van der Waals surface area contributed by atoms with Crippen LogP contribution in [0, 0.1) is 6.92 Å². The average molecular weight is 377 g/mol. The summed E-state index contributed by atoms with van der Waals surface area (Å²) in [5.74, 6) is 1.67. The van der Waals surface area contributed by atoms with E-state index in [9.17, 15) is 4.79 Å². The highest BCUT2D eigenvalue weighted by Crippen LogP contribution is 2.21. The number of ether oxygens (including phenoxy) is 1.